The highest BCUT2D eigenvalue weighted by Gasteiger charge is 2.10. The van der Waals surface area contributed by atoms with Gasteiger partial charge in [0.15, 0.2) is 0 Å². The van der Waals surface area contributed by atoms with E-state index in [2.05, 4.69) is 10.3 Å². The summed E-state index contributed by atoms with van der Waals surface area (Å²) in [6.45, 7) is 0.778. The molecule has 118 valence electrons. The van der Waals surface area contributed by atoms with Gasteiger partial charge < -0.3 is 15.0 Å². The highest BCUT2D eigenvalue weighted by atomic mass is 35.5. The Morgan fingerprint density at radius 3 is 2.86 bits per heavy atom. The molecule has 0 saturated heterocycles. The monoisotopic (exact) mass is 339 g/mol. The highest BCUT2D eigenvalue weighted by Crippen LogP contribution is 2.27. The van der Waals surface area contributed by atoms with E-state index in [-0.39, 0.29) is 12.3 Å². The van der Waals surface area contributed by atoms with Gasteiger partial charge in [0.1, 0.15) is 10.8 Å². The number of hydrogen-bond donors (Lipinski definition) is 1. The quantitative estimate of drug-likeness (QED) is 0.878. The number of thiazole rings is 1. The molecule has 0 saturated carbocycles. The first-order valence-electron chi connectivity index (χ1n) is 6.69. The molecule has 2 rings (SSSR count). The van der Waals surface area contributed by atoms with Crippen LogP contribution >= 0.6 is 22.9 Å². The maximum absolute atomic E-state index is 12.0. The van der Waals surface area contributed by atoms with Crippen molar-refractivity contribution < 1.29 is 9.53 Å². The molecule has 7 heteroatoms. The van der Waals surface area contributed by atoms with Gasteiger partial charge in [0.2, 0.25) is 5.91 Å². The van der Waals surface area contributed by atoms with Crippen LogP contribution in [0.3, 0.4) is 0 Å². The SMILES string of the molecule is COc1ccc(NC(=O)Cc2csc(CN(C)C)n2)cc1Cl. The molecule has 0 aliphatic heterocycles. The van der Waals surface area contributed by atoms with Crippen molar-refractivity contribution in [3.05, 3.63) is 39.3 Å². The number of amides is 1. The van der Waals surface area contributed by atoms with E-state index in [9.17, 15) is 4.79 Å². The fourth-order valence-electron chi connectivity index (χ4n) is 1.89. The fourth-order valence-corrected chi connectivity index (χ4v) is 3.06. The molecule has 0 spiro atoms. The summed E-state index contributed by atoms with van der Waals surface area (Å²) >= 11 is 7.60. The van der Waals surface area contributed by atoms with Gasteiger partial charge in [0, 0.05) is 17.6 Å². The number of aromatic nitrogens is 1. The molecule has 0 unspecified atom stereocenters. The van der Waals surface area contributed by atoms with E-state index >= 15 is 0 Å². The second-order valence-electron chi connectivity index (χ2n) is 5.04. The maximum atomic E-state index is 12.0. The summed E-state index contributed by atoms with van der Waals surface area (Å²) in [4.78, 5) is 18.5. The van der Waals surface area contributed by atoms with Crippen molar-refractivity contribution in [3.63, 3.8) is 0 Å². The molecule has 0 bridgehead atoms. The van der Waals surface area contributed by atoms with Crippen LogP contribution in [-0.4, -0.2) is 37.0 Å². The second kappa shape index (κ2) is 7.58. The lowest BCUT2D eigenvalue weighted by molar-refractivity contribution is -0.115. The summed E-state index contributed by atoms with van der Waals surface area (Å²) in [6, 6.07) is 5.13. The molecule has 0 radical (unpaired) electrons. The minimum atomic E-state index is -0.122. The van der Waals surface area contributed by atoms with E-state index < -0.39 is 0 Å². The Bertz CT molecular complexity index is 658. The Labute approximate surface area is 138 Å². The van der Waals surface area contributed by atoms with E-state index in [1.807, 2.05) is 24.4 Å². The summed E-state index contributed by atoms with van der Waals surface area (Å²) in [5, 5.41) is 6.18. The van der Waals surface area contributed by atoms with Crippen molar-refractivity contribution in [2.75, 3.05) is 26.5 Å². The van der Waals surface area contributed by atoms with E-state index in [0.717, 1.165) is 17.2 Å². The number of ether oxygens (including phenoxy) is 1. The molecule has 1 aromatic carbocycles. The predicted octanol–water partition coefficient (Wildman–Crippen LogP) is 3.05. The third-order valence-corrected chi connectivity index (χ3v) is 4.01. The summed E-state index contributed by atoms with van der Waals surface area (Å²) in [5.74, 6) is 0.454. The van der Waals surface area contributed by atoms with Gasteiger partial charge >= 0.3 is 0 Å². The van der Waals surface area contributed by atoms with Crippen molar-refractivity contribution >= 4 is 34.5 Å². The zero-order valence-electron chi connectivity index (χ0n) is 12.7. The molecule has 2 aromatic rings. The number of carbonyl (C=O) groups excluding carboxylic acids is 1. The molecule has 0 aliphatic rings. The van der Waals surface area contributed by atoms with Crippen LogP contribution in [0.25, 0.3) is 0 Å². The van der Waals surface area contributed by atoms with Crippen molar-refractivity contribution in [1.82, 2.24) is 9.88 Å². The number of methoxy groups -OCH3 is 1. The number of halogens is 1. The van der Waals surface area contributed by atoms with Crippen LogP contribution in [0, 0.1) is 0 Å². The van der Waals surface area contributed by atoms with Crippen molar-refractivity contribution in [2.24, 2.45) is 0 Å². The maximum Gasteiger partial charge on any atom is 0.230 e. The third-order valence-electron chi connectivity index (χ3n) is 2.83. The average molecular weight is 340 g/mol. The van der Waals surface area contributed by atoms with Gasteiger partial charge in [-0.15, -0.1) is 11.3 Å². The molecule has 5 nitrogen and oxygen atoms in total. The Morgan fingerprint density at radius 1 is 1.45 bits per heavy atom. The number of anilines is 1. The lowest BCUT2D eigenvalue weighted by Crippen LogP contribution is -2.15. The number of nitrogens with one attached hydrogen (secondary N) is 1. The Kier molecular flexibility index (Phi) is 5.76. The standard InChI is InChI=1S/C15H18ClN3O2S/c1-19(2)8-15-18-11(9-22-15)7-14(20)17-10-4-5-13(21-3)12(16)6-10/h4-6,9H,7-8H2,1-3H3,(H,17,20). The van der Waals surface area contributed by atoms with E-state index in [0.29, 0.717) is 16.5 Å². The molecule has 0 aliphatic carbocycles. The zero-order valence-corrected chi connectivity index (χ0v) is 14.3. The summed E-state index contributed by atoms with van der Waals surface area (Å²) in [5.41, 5.74) is 1.42. The predicted molar refractivity (Wildman–Crippen MR) is 89.8 cm³/mol. The normalized spacial score (nSPS) is 10.8. The van der Waals surface area contributed by atoms with Gasteiger partial charge in [-0.25, -0.2) is 4.98 Å². The fraction of sp³-hybridized carbons (Fsp3) is 0.333. The minimum absolute atomic E-state index is 0.122. The van der Waals surface area contributed by atoms with Crippen LogP contribution in [-0.2, 0) is 17.8 Å². The van der Waals surface area contributed by atoms with Crippen LogP contribution in [0.4, 0.5) is 5.69 Å². The van der Waals surface area contributed by atoms with Gasteiger partial charge in [-0.05, 0) is 32.3 Å². The minimum Gasteiger partial charge on any atom is -0.495 e. The molecule has 0 atom stereocenters. The van der Waals surface area contributed by atoms with Gasteiger partial charge in [-0.1, -0.05) is 11.6 Å². The second-order valence-corrected chi connectivity index (χ2v) is 6.39. The smallest absolute Gasteiger partial charge is 0.230 e. The average Bonchev–Trinajstić information content (AvgIpc) is 2.85. The van der Waals surface area contributed by atoms with Crippen LogP contribution in [0.5, 0.6) is 5.75 Å². The van der Waals surface area contributed by atoms with E-state index in [1.54, 1.807) is 36.6 Å². The van der Waals surface area contributed by atoms with Crippen molar-refractivity contribution in [2.45, 2.75) is 13.0 Å². The number of rotatable bonds is 6. The first kappa shape index (κ1) is 16.7. The van der Waals surface area contributed by atoms with Gasteiger partial charge in [-0.3, -0.25) is 4.79 Å². The zero-order chi connectivity index (χ0) is 16.1. The molecule has 0 fully saturated rings. The summed E-state index contributed by atoms with van der Waals surface area (Å²) in [6.07, 6.45) is 0.244. The van der Waals surface area contributed by atoms with E-state index in [1.165, 1.54) is 0 Å². The molecular formula is C15H18ClN3O2S. The van der Waals surface area contributed by atoms with Crippen LogP contribution in [0.1, 0.15) is 10.7 Å². The largest absolute Gasteiger partial charge is 0.495 e. The molecule has 1 aromatic heterocycles. The molecule has 22 heavy (non-hydrogen) atoms. The van der Waals surface area contributed by atoms with E-state index in [4.69, 9.17) is 16.3 Å². The number of benzene rings is 1. The Balaban J connectivity index is 1.95. The Morgan fingerprint density at radius 2 is 2.23 bits per heavy atom. The van der Waals surface area contributed by atoms with Crippen molar-refractivity contribution in [3.8, 4) is 5.75 Å². The van der Waals surface area contributed by atoms with Crippen LogP contribution in [0.2, 0.25) is 5.02 Å². The lowest BCUT2D eigenvalue weighted by Gasteiger charge is -2.07. The molecule has 1 N–H and O–H groups in total. The molecule has 1 amide bonds. The molecule has 1 heterocycles. The number of nitrogens with zero attached hydrogens (tertiary/aromatic N) is 2. The third kappa shape index (κ3) is 4.69. The van der Waals surface area contributed by atoms with Crippen LogP contribution in [0.15, 0.2) is 23.6 Å². The topological polar surface area (TPSA) is 54.5 Å². The Hall–Kier alpha value is -1.63. The number of carbonyl (C=O) groups is 1. The molecular weight excluding hydrogens is 322 g/mol. The first-order chi connectivity index (χ1) is 10.5. The first-order valence-corrected chi connectivity index (χ1v) is 7.95. The van der Waals surface area contributed by atoms with Gasteiger partial charge in [-0.2, -0.15) is 0 Å². The van der Waals surface area contributed by atoms with Crippen molar-refractivity contribution in [1.29, 1.82) is 0 Å². The highest BCUT2D eigenvalue weighted by molar-refractivity contribution is 7.09. The summed E-state index contributed by atoms with van der Waals surface area (Å²) in [7, 11) is 5.52. The number of hydrogen-bond acceptors (Lipinski definition) is 5. The van der Waals surface area contributed by atoms with Gasteiger partial charge in [0.25, 0.3) is 0 Å². The lowest BCUT2D eigenvalue weighted by atomic mass is 10.2. The summed E-state index contributed by atoms with van der Waals surface area (Å²) < 4.78 is 5.08. The van der Waals surface area contributed by atoms with Crippen LogP contribution < -0.4 is 10.1 Å². The van der Waals surface area contributed by atoms with Gasteiger partial charge in [0.05, 0.1) is 24.2 Å².